The SMILES string of the molecule is COCCCNC(=O)c1cnc(N2CCN(c3ccccc3F)CC2)cn1. The lowest BCUT2D eigenvalue weighted by Gasteiger charge is -2.36. The zero-order valence-electron chi connectivity index (χ0n) is 15.4. The lowest BCUT2D eigenvalue weighted by molar-refractivity contribution is 0.0943. The van der Waals surface area contributed by atoms with E-state index in [4.69, 9.17) is 4.74 Å². The highest BCUT2D eigenvalue weighted by Gasteiger charge is 2.20. The topological polar surface area (TPSA) is 70.6 Å². The van der Waals surface area contributed by atoms with E-state index >= 15 is 0 Å². The molecule has 0 bridgehead atoms. The number of rotatable bonds is 7. The minimum atomic E-state index is -0.241. The lowest BCUT2D eigenvalue weighted by atomic mass is 10.2. The van der Waals surface area contributed by atoms with Gasteiger partial charge in [0.25, 0.3) is 5.91 Å². The molecule has 1 aromatic carbocycles. The molecule has 144 valence electrons. The molecule has 0 spiro atoms. The third kappa shape index (κ3) is 4.91. The molecule has 3 rings (SSSR count). The van der Waals surface area contributed by atoms with E-state index in [-0.39, 0.29) is 11.7 Å². The average molecular weight is 373 g/mol. The van der Waals surface area contributed by atoms with Crippen LogP contribution in [0.2, 0.25) is 0 Å². The van der Waals surface area contributed by atoms with Crippen LogP contribution in [0.5, 0.6) is 0 Å². The molecule has 1 aromatic heterocycles. The summed E-state index contributed by atoms with van der Waals surface area (Å²) in [6, 6.07) is 6.81. The van der Waals surface area contributed by atoms with Crippen molar-refractivity contribution in [1.29, 1.82) is 0 Å². The fraction of sp³-hybridized carbons (Fsp3) is 0.421. The van der Waals surface area contributed by atoms with Gasteiger partial charge in [0.2, 0.25) is 0 Å². The van der Waals surface area contributed by atoms with Crippen LogP contribution in [0.15, 0.2) is 36.7 Å². The fourth-order valence-corrected chi connectivity index (χ4v) is 3.00. The molecule has 2 aromatic rings. The summed E-state index contributed by atoms with van der Waals surface area (Å²) >= 11 is 0. The fourth-order valence-electron chi connectivity index (χ4n) is 3.00. The Labute approximate surface area is 158 Å². The minimum absolute atomic E-state index is 0.202. The molecule has 8 heteroatoms. The molecule has 1 saturated heterocycles. The maximum atomic E-state index is 13.9. The molecule has 1 aliphatic heterocycles. The number of nitrogens with one attached hydrogen (secondary N) is 1. The van der Waals surface area contributed by atoms with Gasteiger partial charge in [0.05, 0.1) is 18.1 Å². The molecule has 1 fully saturated rings. The zero-order valence-corrected chi connectivity index (χ0v) is 15.4. The summed E-state index contributed by atoms with van der Waals surface area (Å²) in [7, 11) is 1.63. The first-order valence-electron chi connectivity index (χ1n) is 9.02. The average Bonchev–Trinajstić information content (AvgIpc) is 2.72. The number of amides is 1. The standard InChI is InChI=1S/C19H24FN5O2/c1-27-12-4-7-21-19(26)16-13-23-18(14-22-16)25-10-8-24(9-11-25)17-6-3-2-5-15(17)20/h2-3,5-6,13-14H,4,7-12H2,1H3,(H,21,26). The summed E-state index contributed by atoms with van der Waals surface area (Å²) in [6.07, 6.45) is 3.85. The van der Waals surface area contributed by atoms with E-state index in [0.717, 1.165) is 12.2 Å². The van der Waals surface area contributed by atoms with Crippen LogP contribution in [0.4, 0.5) is 15.9 Å². The Kier molecular flexibility index (Phi) is 6.54. The molecule has 7 nitrogen and oxygen atoms in total. The van der Waals surface area contributed by atoms with Gasteiger partial charge >= 0.3 is 0 Å². The maximum Gasteiger partial charge on any atom is 0.271 e. The normalized spacial score (nSPS) is 14.3. The first-order valence-corrected chi connectivity index (χ1v) is 9.02. The molecule has 1 N–H and O–H groups in total. The molecule has 0 unspecified atom stereocenters. The van der Waals surface area contributed by atoms with Gasteiger partial charge in [-0.05, 0) is 18.6 Å². The Balaban J connectivity index is 1.53. The summed E-state index contributed by atoms with van der Waals surface area (Å²) in [6.45, 7) is 3.96. The number of para-hydroxylation sites is 1. The molecule has 0 radical (unpaired) electrons. The third-order valence-corrected chi connectivity index (χ3v) is 4.48. The summed E-state index contributed by atoms with van der Waals surface area (Å²) in [5, 5.41) is 2.78. The first-order chi connectivity index (χ1) is 13.2. The lowest BCUT2D eigenvalue weighted by Crippen LogP contribution is -2.47. The van der Waals surface area contributed by atoms with Crippen molar-refractivity contribution in [2.45, 2.75) is 6.42 Å². The van der Waals surface area contributed by atoms with E-state index < -0.39 is 0 Å². The second-order valence-corrected chi connectivity index (χ2v) is 6.29. The van der Waals surface area contributed by atoms with Crippen molar-refractivity contribution in [3.05, 3.63) is 48.2 Å². The van der Waals surface area contributed by atoms with Crippen molar-refractivity contribution >= 4 is 17.4 Å². The van der Waals surface area contributed by atoms with Gasteiger partial charge in [0.15, 0.2) is 0 Å². The van der Waals surface area contributed by atoms with Crippen molar-refractivity contribution in [2.75, 3.05) is 56.2 Å². The largest absolute Gasteiger partial charge is 0.385 e. The Morgan fingerprint density at radius 1 is 1.15 bits per heavy atom. The quantitative estimate of drug-likeness (QED) is 0.745. The van der Waals surface area contributed by atoms with Gasteiger partial charge in [-0.2, -0.15) is 0 Å². The number of carbonyl (C=O) groups is 1. The predicted molar refractivity (Wildman–Crippen MR) is 102 cm³/mol. The van der Waals surface area contributed by atoms with Gasteiger partial charge in [-0.15, -0.1) is 0 Å². The Morgan fingerprint density at radius 3 is 2.56 bits per heavy atom. The monoisotopic (exact) mass is 373 g/mol. The first kappa shape index (κ1) is 19.0. The summed E-state index contributed by atoms with van der Waals surface area (Å²) in [5.41, 5.74) is 0.921. The molecular weight excluding hydrogens is 349 g/mol. The molecule has 0 atom stereocenters. The van der Waals surface area contributed by atoms with Crippen LogP contribution in [0.25, 0.3) is 0 Å². The number of benzene rings is 1. The highest BCUT2D eigenvalue weighted by molar-refractivity contribution is 5.91. The van der Waals surface area contributed by atoms with Crippen molar-refractivity contribution in [3.63, 3.8) is 0 Å². The summed E-state index contributed by atoms with van der Waals surface area (Å²) in [4.78, 5) is 24.7. The number of anilines is 2. The number of piperazine rings is 1. The predicted octanol–water partition coefficient (Wildman–Crippen LogP) is 1.71. The highest BCUT2D eigenvalue weighted by Crippen LogP contribution is 2.21. The molecule has 0 saturated carbocycles. The van der Waals surface area contributed by atoms with E-state index in [1.807, 2.05) is 11.0 Å². The van der Waals surface area contributed by atoms with Crippen LogP contribution in [-0.4, -0.2) is 62.3 Å². The van der Waals surface area contributed by atoms with Crippen molar-refractivity contribution in [3.8, 4) is 0 Å². The third-order valence-electron chi connectivity index (χ3n) is 4.48. The Hall–Kier alpha value is -2.74. The van der Waals surface area contributed by atoms with Crippen LogP contribution in [0.3, 0.4) is 0 Å². The number of methoxy groups -OCH3 is 1. The minimum Gasteiger partial charge on any atom is -0.385 e. The smallest absolute Gasteiger partial charge is 0.271 e. The number of nitrogens with zero attached hydrogens (tertiary/aromatic N) is 4. The van der Waals surface area contributed by atoms with Crippen LogP contribution >= 0.6 is 0 Å². The van der Waals surface area contributed by atoms with Gasteiger partial charge in [0.1, 0.15) is 17.3 Å². The van der Waals surface area contributed by atoms with Gasteiger partial charge < -0.3 is 19.9 Å². The van der Waals surface area contributed by atoms with E-state index in [1.54, 1.807) is 25.4 Å². The summed E-state index contributed by atoms with van der Waals surface area (Å²) in [5.74, 6) is 0.278. The number of hydrogen-bond donors (Lipinski definition) is 1. The molecular formula is C19H24FN5O2. The number of ether oxygens (including phenoxy) is 1. The maximum absolute atomic E-state index is 13.9. The number of carbonyl (C=O) groups excluding carboxylic acids is 1. The van der Waals surface area contributed by atoms with E-state index in [9.17, 15) is 9.18 Å². The molecule has 1 amide bonds. The molecule has 1 aliphatic rings. The van der Waals surface area contributed by atoms with Gasteiger partial charge in [-0.25, -0.2) is 14.4 Å². The van der Waals surface area contributed by atoms with E-state index in [2.05, 4.69) is 20.2 Å². The number of halogens is 1. The van der Waals surface area contributed by atoms with Gasteiger partial charge in [-0.1, -0.05) is 12.1 Å². The second-order valence-electron chi connectivity index (χ2n) is 6.29. The van der Waals surface area contributed by atoms with Gasteiger partial charge in [0, 0.05) is 46.4 Å². The summed E-state index contributed by atoms with van der Waals surface area (Å²) < 4.78 is 18.9. The van der Waals surface area contributed by atoms with Crippen molar-refractivity contribution in [2.24, 2.45) is 0 Å². The Morgan fingerprint density at radius 2 is 1.89 bits per heavy atom. The number of aromatic nitrogens is 2. The van der Waals surface area contributed by atoms with E-state index in [1.165, 1.54) is 12.3 Å². The van der Waals surface area contributed by atoms with Gasteiger partial charge in [-0.3, -0.25) is 4.79 Å². The zero-order chi connectivity index (χ0) is 19.1. The van der Waals surface area contributed by atoms with Crippen LogP contribution in [-0.2, 0) is 4.74 Å². The van der Waals surface area contributed by atoms with Crippen molar-refractivity contribution < 1.29 is 13.9 Å². The van der Waals surface area contributed by atoms with Crippen LogP contribution < -0.4 is 15.1 Å². The molecule has 27 heavy (non-hydrogen) atoms. The van der Waals surface area contributed by atoms with Crippen molar-refractivity contribution in [1.82, 2.24) is 15.3 Å². The molecule has 2 heterocycles. The van der Waals surface area contributed by atoms with Crippen LogP contribution in [0, 0.1) is 5.82 Å². The molecule has 0 aliphatic carbocycles. The van der Waals surface area contributed by atoms with Crippen LogP contribution in [0.1, 0.15) is 16.9 Å². The Bertz CT molecular complexity index is 748. The van der Waals surface area contributed by atoms with E-state index in [0.29, 0.717) is 50.7 Å². The second kappa shape index (κ2) is 9.27. The highest BCUT2D eigenvalue weighted by atomic mass is 19.1. The number of hydrogen-bond acceptors (Lipinski definition) is 6.